The van der Waals surface area contributed by atoms with Gasteiger partial charge in [0.15, 0.2) is 0 Å². The molecule has 20 heavy (non-hydrogen) atoms. The molecule has 1 N–H and O–H groups in total. The lowest BCUT2D eigenvalue weighted by Crippen LogP contribution is -2.41. The van der Waals surface area contributed by atoms with E-state index in [0.29, 0.717) is 0 Å². The molecule has 1 aromatic heterocycles. The highest BCUT2D eigenvalue weighted by Gasteiger charge is 2.52. The van der Waals surface area contributed by atoms with Crippen molar-refractivity contribution in [3.8, 4) is 0 Å². The summed E-state index contributed by atoms with van der Waals surface area (Å²) in [6.45, 7) is 10.4. The molecule has 106 valence electrons. The summed E-state index contributed by atoms with van der Waals surface area (Å²) in [5.41, 5.74) is 2.53. The van der Waals surface area contributed by atoms with Crippen LogP contribution in [0.4, 0.5) is 0 Å². The first-order chi connectivity index (χ1) is 9.23. The van der Waals surface area contributed by atoms with Crippen LogP contribution >= 0.6 is 22.6 Å². The Kier molecular flexibility index (Phi) is 3.19. The number of benzene rings is 1. The standard InChI is InChI=1S/C14H18BIN2O2/c1-8-6-7-9-10(12(16)18-17-9)11(8)15-19-13(2,3)14(4,5)20-15/h6-7H,1-5H3,(H,17,18). The van der Waals surface area contributed by atoms with Crippen molar-refractivity contribution in [2.24, 2.45) is 0 Å². The van der Waals surface area contributed by atoms with Crippen LogP contribution in [0.1, 0.15) is 33.3 Å². The van der Waals surface area contributed by atoms with Gasteiger partial charge >= 0.3 is 7.12 Å². The molecule has 1 fully saturated rings. The van der Waals surface area contributed by atoms with E-state index in [2.05, 4.69) is 73.5 Å². The molecule has 0 saturated carbocycles. The monoisotopic (exact) mass is 384 g/mol. The van der Waals surface area contributed by atoms with Crippen LogP contribution in [0.5, 0.6) is 0 Å². The minimum absolute atomic E-state index is 0.332. The molecule has 0 spiro atoms. The molecule has 0 atom stereocenters. The predicted octanol–water partition coefficient (Wildman–Crippen LogP) is 2.78. The summed E-state index contributed by atoms with van der Waals surface area (Å²) in [6, 6.07) is 4.09. The second kappa shape index (κ2) is 4.45. The highest BCUT2D eigenvalue weighted by Crippen LogP contribution is 2.37. The van der Waals surface area contributed by atoms with Gasteiger partial charge in [0.2, 0.25) is 0 Å². The van der Waals surface area contributed by atoms with Gasteiger partial charge in [-0.15, -0.1) is 0 Å². The number of aromatic amines is 1. The van der Waals surface area contributed by atoms with Gasteiger partial charge in [-0.1, -0.05) is 11.6 Å². The molecule has 4 nitrogen and oxygen atoms in total. The van der Waals surface area contributed by atoms with Crippen LogP contribution in [0.2, 0.25) is 0 Å². The number of rotatable bonds is 1. The number of aromatic nitrogens is 2. The molecule has 0 amide bonds. The van der Waals surface area contributed by atoms with E-state index < -0.39 is 0 Å². The summed E-state index contributed by atoms with van der Waals surface area (Å²) in [5.74, 6) is 0. The summed E-state index contributed by atoms with van der Waals surface area (Å²) in [7, 11) is -0.352. The third-order valence-corrected chi connectivity index (χ3v) is 5.21. The molecule has 0 aliphatic carbocycles. The van der Waals surface area contributed by atoms with E-state index in [0.717, 1.165) is 25.6 Å². The lowest BCUT2D eigenvalue weighted by atomic mass is 9.74. The van der Waals surface area contributed by atoms with E-state index >= 15 is 0 Å². The fraction of sp³-hybridized carbons (Fsp3) is 0.500. The van der Waals surface area contributed by atoms with Crippen LogP contribution in [0.15, 0.2) is 12.1 Å². The summed E-state index contributed by atoms with van der Waals surface area (Å²) in [6.07, 6.45) is 0. The molecule has 1 aromatic carbocycles. The molecule has 1 saturated heterocycles. The number of fused-ring (bicyclic) bond motifs is 1. The Hall–Kier alpha value is -0.595. The van der Waals surface area contributed by atoms with Crippen molar-refractivity contribution < 1.29 is 9.31 Å². The van der Waals surface area contributed by atoms with Gasteiger partial charge in [0, 0.05) is 5.39 Å². The van der Waals surface area contributed by atoms with Gasteiger partial charge in [-0.3, -0.25) is 5.10 Å². The maximum atomic E-state index is 6.20. The van der Waals surface area contributed by atoms with Crippen LogP contribution < -0.4 is 5.46 Å². The summed E-state index contributed by atoms with van der Waals surface area (Å²) in [5, 5.41) is 8.46. The topological polar surface area (TPSA) is 47.1 Å². The van der Waals surface area contributed by atoms with E-state index in [1.165, 1.54) is 0 Å². The highest BCUT2D eigenvalue weighted by molar-refractivity contribution is 14.1. The summed E-state index contributed by atoms with van der Waals surface area (Å²) in [4.78, 5) is 0. The number of aryl methyl sites for hydroxylation is 1. The molecule has 1 aliphatic rings. The molecule has 2 aromatic rings. The van der Waals surface area contributed by atoms with Gasteiger partial charge in [0.1, 0.15) is 3.70 Å². The quantitative estimate of drug-likeness (QED) is 0.608. The average molecular weight is 384 g/mol. The minimum Gasteiger partial charge on any atom is -0.399 e. The van der Waals surface area contributed by atoms with Gasteiger partial charge in [0.05, 0.1) is 16.7 Å². The number of halogens is 1. The van der Waals surface area contributed by atoms with Gasteiger partial charge < -0.3 is 9.31 Å². The van der Waals surface area contributed by atoms with E-state index in [1.807, 2.05) is 6.07 Å². The van der Waals surface area contributed by atoms with Crippen molar-refractivity contribution >= 4 is 46.1 Å². The van der Waals surface area contributed by atoms with Crippen LogP contribution in [0.25, 0.3) is 10.9 Å². The minimum atomic E-state index is -0.352. The number of hydrogen-bond donors (Lipinski definition) is 1. The molecule has 6 heteroatoms. The second-order valence-electron chi connectivity index (χ2n) is 6.32. The maximum Gasteiger partial charge on any atom is 0.495 e. The first-order valence-corrected chi connectivity index (χ1v) is 7.79. The smallest absolute Gasteiger partial charge is 0.399 e. The van der Waals surface area contributed by atoms with Crippen molar-refractivity contribution in [3.63, 3.8) is 0 Å². The molecule has 1 aliphatic heterocycles. The fourth-order valence-electron chi connectivity index (χ4n) is 2.47. The Morgan fingerprint density at radius 1 is 1.15 bits per heavy atom. The summed E-state index contributed by atoms with van der Waals surface area (Å²) < 4.78 is 13.4. The van der Waals surface area contributed by atoms with Gasteiger partial charge in [-0.05, 0) is 68.7 Å². The van der Waals surface area contributed by atoms with Crippen molar-refractivity contribution in [1.29, 1.82) is 0 Å². The van der Waals surface area contributed by atoms with Crippen molar-refractivity contribution in [2.75, 3.05) is 0 Å². The number of nitrogens with zero attached hydrogens (tertiary/aromatic N) is 1. The molecule has 0 unspecified atom stereocenters. The van der Waals surface area contributed by atoms with Crippen LogP contribution in [0, 0.1) is 10.6 Å². The first kappa shape index (κ1) is 14.3. The van der Waals surface area contributed by atoms with Crippen LogP contribution in [0.3, 0.4) is 0 Å². The van der Waals surface area contributed by atoms with Crippen LogP contribution in [-0.4, -0.2) is 28.5 Å². The lowest BCUT2D eigenvalue weighted by molar-refractivity contribution is 0.00578. The van der Waals surface area contributed by atoms with E-state index in [4.69, 9.17) is 9.31 Å². The third kappa shape index (κ3) is 2.00. The molecular weight excluding hydrogens is 366 g/mol. The normalized spacial score (nSPS) is 20.8. The Morgan fingerprint density at radius 2 is 1.75 bits per heavy atom. The van der Waals surface area contributed by atoms with Crippen molar-refractivity contribution in [3.05, 3.63) is 21.4 Å². The summed E-state index contributed by atoms with van der Waals surface area (Å²) >= 11 is 2.27. The SMILES string of the molecule is Cc1ccc2n[nH]c(I)c2c1B1OC(C)(C)C(C)(C)O1. The molecule has 2 heterocycles. The molecule has 3 rings (SSSR count). The van der Waals surface area contributed by atoms with E-state index in [9.17, 15) is 0 Å². The maximum absolute atomic E-state index is 6.20. The first-order valence-electron chi connectivity index (χ1n) is 6.72. The highest BCUT2D eigenvalue weighted by atomic mass is 127. The average Bonchev–Trinajstić information content (AvgIpc) is 2.78. The lowest BCUT2D eigenvalue weighted by Gasteiger charge is -2.32. The second-order valence-corrected chi connectivity index (χ2v) is 7.39. The van der Waals surface area contributed by atoms with Gasteiger partial charge in [-0.2, -0.15) is 5.10 Å². The Bertz CT molecular complexity index is 665. The molecule has 0 radical (unpaired) electrons. The number of nitrogens with one attached hydrogen (secondary N) is 1. The van der Waals surface area contributed by atoms with Crippen LogP contribution in [-0.2, 0) is 9.31 Å². The Labute approximate surface area is 132 Å². The zero-order valence-electron chi connectivity index (χ0n) is 12.4. The van der Waals surface area contributed by atoms with Crippen molar-refractivity contribution in [1.82, 2.24) is 10.2 Å². The zero-order chi connectivity index (χ0) is 14.7. The van der Waals surface area contributed by atoms with Gasteiger partial charge in [-0.25, -0.2) is 0 Å². The number of hydrogen-bond acceptors (Lipinski definition) is 3. The molecule has 0 bridgehead atoms. The van der Waals surface area contributed by atoms with E-state index in [-0.39, 0.29) is 18.3 Å². The fourth-order valence-corrected chi connectivity index (χ4v) is 3.15. The number of H-pyrrole nitrogens is 1. The Morgan fingerprint density at radius 3 is 2.35 bits per heavy atom. The third-order valence-electron chi connectivity index (χ3n) is 4.42. The largest absolute Gasteiger partial charge is 0.495 e. The van der Waals surface area contributed by atoms with Gasteiger partial charge in [0.25, 0.3) is 0 Å². The molecular formula is C14H18BIN2O2. The van der Waals surface area contributed by atoms with Crippen molar-refractivity contribution in [2.45, 2.75) is 45.8 Å². The predicted molar refractivity (Wildman–Crippen MR) is 89.3 cm³/mol. The Balaban J connectivity index is 2.17. The zero-order valence-corrected chi connectivity index (χ0v) is 14.5. The van der Waals surface area contributed by atoms with E-state index in [1.54, 1.807) is 0 Å².